The van der Waals surface area contributed by atoms with Gasteiger partial charge in [0.2, 0.25) is 5.95 Å². The molecule has 6 nitrogen and oxygen atoms in total. The SMILES string of the molecule is C=C/C=C(\C=C)CNC(=C)C1CCCN1C.C=CC/C(=C/N)NN.Fc1ncccc1C1CC1. The first-order valence-corrected chi connectivity index (χ1v) is 11.6. The van der Waals surface area contributed by atoms with Crippen LogP contribution in [0.15, 0.2) is 92.1 Å². The maximum Gasteiger partial charge on any atom is 0.216 e. The summed E-state index contributed by atoms with van der Waals surface area (Å²) < 4.78 is 12.8. The van der Waals surface area contributed by atoms with Crippen molar-refractivity contribution in [3.8, 4) is 0 Å². The lowest BCUT2D eigenvalue weighted by molar-refractivity contribution is 0.335. The zero-order chi connectivity index (χ0) is 25.3. The smallest absolute Gasteiger partial charge is 0.216 e. The van der Waals surface area contributed by atoms with E-state index in [1.54, 1.807) is 18.2 Å². The van der Waals surface area contributed by atoms with Crippen LogP contribution in [-0.2, 0) is 0 Å². The molecule has 186 valence electrons. The van der Waals surface area contributed by atoms with Crippen molar-refractivity contribution in [1.82, 2.24) is 20.6 Å². The Morgan fingerprint density at radius 1 is 1.29 bits per heavy atom. The van der Waals surface area contributed by atoms with Crippen LogP contribution in [0.5, 0.6) is 0 Å². The number of rotatable bonds is 10. The Morgan fingerprint density at radius 2 is 2.03 bits per heavy atom. The number of hydrogen-bond donors (Lipinski definition) is 4. The standard InChI is InChI=1S/C14H22N2.C8H8FN.C5H11N3/c1-5-8-13(6-2)11-15-12(3)14-9-7-10-16(14)4;9-8-7(6-3-4-6)2-1-5-10-8;1-2-3-5(4-6)8-7/h5-6,8,14-15H,1-3,7,9-11H2,4H3;1-2,5-6H,3-4H2;2,4,8H,1,3,6-7H2/b13-8+;;5-4-. The van der Waals surface area contributed by atoms with Crippen molar-refractivity contribution in [2.24, 2.45) is 11.6 Å². The molecule has 1 aromatic rings. The Kier molecular flexibility index (Phi) is 14.0. The number of aromatic nitrogens is 1. The zero-order valence-corrected chi connectivity index (χ0v) is 20.5. The Morgan fingerprint density at radius 3 is 2.47 bits per heavy atom. The largest absolute Gasteiger partial charge is 0.403 e. The Hall–Kier alpha value is -3.16. The van der Waals surface area contributed by atoms with Gasteiger partial charge in [-0.1, -0.05) is 50.1 Å². The first kappa shape index (κ1) is 28.9. The van der Waals surface area contributed by atoms with Crippen LogP contribution in [0.4, 0.5) is 4.39 Å². The molecule has 6 N–H and O–H groups in total. The van der Waals surface area contributed by atoms with Gasteiger partial charge in [0.1, 0.15) is 0 Å². The molecule has 1 aromatic heterocycles. The normalized spacial score (nSPS) is 17.9. The molecular formula is C27H41FN6. The molecule has 3 rings (SSSR count). The van der Waals surface area contributed by atoms with Gasteiger partial charge in [-0.3, -0.25) is 10.7 Å². The maximum atomic E-state index is 12.8. The number of nitrogens with zero attached hydrogens (tertiary/aromatic N) is 2. The quantitative estimate of drug-likeness (QED) is 0.134. The van der Waals surface area contributed by atoms with E-state index in [-0.39, 0.29) is 5.95 Å². The van der Waals surface area contributed by atoms with Crippen LogP contribution in [0.3, 0.4) is 0 Å². The van der Waals surface area contributed by atoms with Crippen LogP contribution < -0.4 is 22.3 Å². The molecule has 0 radical (unpaired) electrons. The van der Waals surface area contributed by atoms with Gasteiger partial charge in [0.05, 0.1) is 0 Å². The number of hydrogen-bond acceptors (Lipinski definition) is 6. The van der Waals surface area contributed by atoms with E-state index < -0.39 is 0 Å². The topological polar surface area (TPSA) is 92.2 Å². The van der Waals surface area contributed by atoms with Crippen LogP contribution >= 0.6 is 0 Å². The highest BCUT2D eigenvalue weighted by atomic mass is 19.1. The summed E-state index contributed by atoms with van der Waals surface area (Å²) in [6.07, 6.45) is 15.6. The van der Waals surface area contributed by atoms with E-state index in [9.17, 15) is 4.39 Å². The van der Waals surface area contributed by atoms with Gasteiger partial charge in [-0.2, -0.15) is 4.39 Å². The van der Waals surface area contributed by atoms with Gasteiger partial charge in [0, 0.05) is 48.4 Å². The van der Waals surface area contributed by atoms with E-state index in [1.807, 2.05) is 18.2 Å². The Labute approximate surface area is 204 Å². The zero-order valence-electron chi connectivity index (χ0n) is 20.5. The van der Waals surface area contributed by atoms with E-state index in [1.165, 1.54) is 31.8 Å². The molecule has 2 aliphatic rings. The third-order valence-electron chi connectivity index (χ3n) is 5.59. The fourth-order valence-corrected chi connectivity index (χ4v) is 3.46. The minimum Gasteiger partial charge on any atom is -0.403 e. The van der Waals surface area contributed by atoms with Crippen molar-refractivity contribution in [3.05, 3.63) is 104 Å². The average Bonchev–Trinajstić information content (AvgIpc) is 3.60. The molecular weight excluding hydrogens is 427 g/mol. The van der Waals surface area contributed by atoms with Gasteiger partial charge in [-0.05, 0) is 56.8 Å². The van der Waals surface area contributed by atoms with E-state index in [2.05, 4.69) is 54.0 Å². The van der Waals surface area contributed by atoms with Crippen molar-refractivity contribution in [1.29, 1.82) is 0 Å². The first-order valence-electron chi connectivity index (χ1n) is 11.6. The monoisotopic (exact) mass is 468 g/mol. The number of likely N-dealkylation sites (tertiary alicyclic amines) is 1. The third-order valence-corrected chi connectivity index (χ3v) is 5.59. The van der Waals surface area contributed by atoms with Gasteiger partial charge in [-0.15, -0.1) is 6.58 Å². The second kappa shape index (κ2) is 16.5. The number of pyridine rings is 1. The molecule has 0 aromatic carbocycles. The van der Waals surface area contributed by atoms with Crippen LogP contribution in [0, 0.1) is 5.95 Å². The highest BCUT2D eigenvalue weighted by Gasteiger charge is 2.26. The Bertz CT molecular complexity index is 856. The average molecular weight is 469 g/mol. The number of nitrogens with two attached hydrogens (primary N) is 2. The third kappa shape index (κ3) is 10.6. The van der Waals surface area contributed by atoms with Crippen LogP contribution in [-0.4, -0.2) is 36.1 Å². The lowest BCUT2D eigenvalue weighted by Crippen LogP contribution is -2.33. The second-order valence-electron chi connectivity index (χ2n) is 8.19. The van der Waals surface area contributed by atoms with Gasteiger partial charge in [-0.25, -0.2) is 4.98 Å². The molecule has 1 unspecified atom stereocenters. The second-order valence-corrected chi connectivity index (χ2v) is 8.19. The van der Waals surface area contributed by atoms with Crippen molar-refractivity contribution in [2.75, 3.05) is 20.1 Å². The summed E-state index contributed by atoms with van der Waals surface area (Å²) in [5, 5.41) is 3.37. The Balaban J connectivity index is 0.000000275. The van der Waals surface area contributed by atoms with Crippen LogP contribution in [0.2, 0.25) is 0 Å². The summed E-state index contributed by atoms with van der Waals surface area (Å²) in [7, 11) is 2.15. The summed E-state index contributed by atoms with van der Waals surface area (Å²) in [6.45, 7) is 17.0. The molecule has 0 bridgehead atoms. The van der Waals surface area contributed by atoms with Gasteiger partial charge < -0.3 is 16.5 Å². The van der Waals surface area contributed by atoms with Crippen molar-refractivity contribution in [2.45, 2.75) is 44.1 Å². The molecule has 1 saturated carbocycles. The molecule has 0 spiro atoms. The molecule has 1 atom stereocenters. The highest BCUT2D eigenvalue weighted by molar-refractivity contribution is 5.24. The molecule has 7 heteroatoms. The molecule has 1 aliphatic heterocycles. The minimum absolute atomic E-state index is 0.287. The van der Waals surface area contributed by atoms with E-state index >= 15 is 0 Å². The van der Waals surface area contributed by atoms with Crippen molar-refractivity contribution in [3.63, 3.8) is 0 Å². The number of nitrogens with one attached hydrogen (secondary N) is 2. The van der Waals surface area contributed by atoms with Gasteiger partial charge in [0.25, 0.3) is 0 Å². The summed E-state index contributed by atoms with van der Waals surface area (Å²) in [4.78, 5) is 5.92. The molecule has 1 saturated heterocycles. The summed E-state index contributed by atoms with van der Waals surface area (Å²) >= 11 is 0. The summed E-state index contributed by atoms with van der Waals surface area (Å²) in [6, 6.07) is 4.09. The highest BCUT2D eigenvalue weighted by Crippen LogP contribution is 2.40. The van der Waals surface area contributed by atoms with Crippen LogP contribution in [0.1, 0.15) is 43.6 Å². The van der Waals surface area contributed by atoms with Gasteiger partial charge >= 0.3 is 0 Å². The van der Waals surface area contributed by atoms with Crippen molar-refractivity contribution < 1.29 is 4.39 Å². The maximum absolute atomic E-state index is 12.8. The molecule has 2 fully saturated rings. The van der Waals surface area contributed by atoms with E-state index in [0.717, 1.165) is 41.9 Å². The first-order chi connectivity index (χ1) is 16.4. The van der Waals surface area contributed by atoms with Crippen molar-refractivity contribution >= 4 is 0 Å². The molecule has 0 amide bonds. The molecule has 34 heavy (non-hydrogen) atoms. The number of allylic oxidation sites excluding steroid dienone is 3. The van der Waals surface area contributed by atoms with Crippen LogP contribution in [0.25, 0.3) is 0 Å². The number of likely N-dealkylation sites (N-methyl/N-ethyl adjacent to an activating group) is 1. The summed E-state index contributed by atoms with van der Waals surface area (Å²) in [5.41, 5.74) is 11.4. The minimum atomic E-state index is -0.287. The predicted molar refractivity (Wildman–Crippen MR) is 142 cm³/mol. The fourth-order valence-electron chi connectivity index (χ4n) is 3.46. The summed E-state index contributed by atoms with van der Waals surface area (Å²) in [5.74, 6) is 5.20. The lowest BCUT2D eigenvalue weighted by atomic mass is 10.1. The van der Waals surface area contributed by atoms with E-state index in [0.29, 0.717) is 18.4 Å². The fraction of sp³-hybridized carbons (Fsp3) is 0.370. The molecule has 2 heterocycles. The lowest BCUT2D eigenvalue weighted by Gasteiger charge is -2.23. The number of halogens is 1. The molecule has 1 aliphatic carbocycles. The number of hydrazine groups is 1. The van der Waals surface area contributed by atoms with E-state index in [4.69, 9.17) is 11.6 Å². The van der Waals surface area contributed by atoms with Gasteiger partial charge in [0.15, 0.2) is 0 Å². The predicted octanol–water partition coefficient (Wildman–Crippen LogP) is 4.41.